The minimum Gasteiger partial charge on any atom is -0.876 e. The number of carbonyl (C=O) groups is 1. The summed E-state index contributed by atoms with van der Waals surface area (Å²) < 4.78 is 0. The van der Waals surface area contributed by atoms with Crippen LogP contribution in [0.1, 0.15) is 33.1 Å². The van der Waals surface area contributed by atoms with Gasteiger partial charge in [-0.05, 0) is 6.42 Å². The molecule has 0 aliphatic carbocycles. The summed E-state index contributed by atoms with van der Waals surface area (Å²) in [6.45, 7) is 6.39. The molecule has 0 rings (SSSR count). The van der Waals surface area contributed by atoms with E-state index in [1.807, 2.05) is 6.92 Å². The van der Waals surface area contributed by atoms with Gasteiger partial charge in [0.05, 0.1) is 0 Å². The molecule has 0 radical (unpaired) electrons. The molecule has 66 valence electrons. The van der Waals surface area contributed by atoms with Crippen molar-refractivity contribution < 1.29 is 15.0 Å². The highest BCUT2D eigenvalue weighted by Crippen LogP contribution is 1.91. The number of hydrogen-bond acceptors (Lipinski definition) is 2. The van der Waals surface area contributed by atoms with E-state index < -0.39 is 5.97 Å². The second-order valence-electron chi connectivity index (χ2n) is 2.20. The second kappa shape index (κ2) is 9.01. The third kappa shape index (κ3) is 48.9. The lowest BCUT2D eigenvalue weighted by Crippen LogP contribution is -1.92. The van der Waals surface area contributed by atoms with Gasteiger partial charge in [-0.25, -0.2) is 0 Å². The summed E-state index contributed by atoms with van der Waals surface area (Å²) in [4.78, 5) is 9.76. The lowest BCUT2D eigenvalue weighted by Gasteiger charge is -1.92. The lowest BCUT2D eigenvalue weighted by atomic mass is 10.3. The topological polar surface area (TPSA) is 60.4 Å². The molecule has 0 amide bonds. The third-order valence-electron chi connectivity index (χ3n) is 0.744. The van der Waals surface area contributed by atoms with Gasteiger partial charge in [-0.1, -0.05) is 20.3 Å². The first kappa shape index (κ1) is 12.7. The summed E-state index contributed by atoms with van der Waals surface area (Å²) in [7, 11) is 0. The number of carboxylic acids is 1. The minimum atomic E-state index is -0.693. The number of rotatable bonds is 3. The van der Waals surface area contributed by atoms with Gasteiger partial charge in [-0.2, -0.15) is 0 Å². The lowest BCUT2D eigenvalue weighted by molar-refractivity contribution is -0.300. The molecule has 0 aliphatic rings. The molecule has 0 aromatic heterocycles. The minimum absolute atomic E-state index is 0.0833. The van der Waals surface area contributed by atoms with Crippen molar-refractivity contribution in [2.24, 2.45) is 0 Å². The molecule has 0 heterocycles. The van der Waals surface area contributed by atoms with Crippen LogP contribution in [0.4, 0.5) is 0 Å². The van der Waals surface area contributed by atoms with Gasteiger partial charge in [-0.3, -0.25) is 4.79 Å². The van der Waals surface area contributed by atoms with E-state index in [1.54, 1.807) is 0 Å². The van der Waals surface area contributed by atoms with Gasteiger partial charge in [0, 0.05) is 6.42 Å². The van der Waals surface area contributed by atoms with Gasteiger partial charge < -0.3 is 10.2 Å². The van der Waals surface area contributed by atoms with Crippen molar-refractivity contribution in [3.05, 3.63) is 12.3 Å². The molecule has 0 aromatic rings. The highest BCUT2D eigenvalue weighted by atomic mass is 16.4. The van der Waals surface area contributed by atoms with Crippen LogP contribution >= 0.6 is 0 Å². The zero-order valence-corrected chi connectivity index (χ0v) is 7.09. The number of unbranched alkanes of at least 4 members (excludes halogenated alkanes) is 1. The average molecular weight is 159 g/mol. The Hall–Kier alpha value is -0.990. The molecule has 0 saturated heterocycles. The molecule has 0 fully saturated rings. The Morgan fingerprint density at radius 2 is 2.00 bits per heavy atom. The van der Waals surface area contributed by atoms with Crippen LogP contribution in [0.5, 0.6) is 0 Å². The van der Waals surface area contributed by atoms with E-state index in [0.717, 1.165) is 12.8 Å². The first-order chi connectivity index (χ1) is 5.00. The van der Waals surface area contributed by atoms with Crippen LogP contribution in [-0.2, 0) is 4.79 Å². The van der Waals surface area contributed by atoms with Crippen molar-refractivity contribution in [3.63, 3.8) is 0 Å². The van der Waals surface area contributed by atoms with Gasteiger partial charge in [0.1, 0.15) is 0 Å². The van der Waals surface area contributed by atoms with E-state index in [0.29, 0.717) is 6.42 Å². The van der Waals surface area contributed by atoms with Crippen LogP contribution in [0, 0.1) is 0 Å². The maximum Gasteiger partial charge on any atom is 0.303 e. The second-order valence-corrected chi connectivity index (χ2v) is 2.20. The van der Waals surface area contributed by atoms with Crippen LogP contribution in [0.3, 0.4) is 0 Å². The molecule has 11 heavy (non-hydrogen) atoms. The Morgan fingerprint density at radius 1 is 1.64 bits per heavy atom. The third-order valence-corrected chi connectivity index (χ3v) is 0.744. The summed E-state index contributed by atoms with van der Waals surface area (Å²) in [5.74, 6) is -0.776. The smallest absolute Gasteiger partial charge is 0.303 e. The van der Waals surface area contributed by atoms with Gasteiger partial charge in [0.2, 0.25) is 0 Å². The quantitative estimate of drug-likeness (QED) is 0.628. The number of aliphatic carboxylic acids is 1. The standard InChI is InChI=1S/C5H10O2.C3H6O/c1-2-3-4-5(6)7;1-3(2)4/h2-4H2,1H3,(H,6,7);4H,1H2,2H3/p-1. The first-order valence-corrected chi connectivity index (χ1v) is 3.55. The Balaban J connectivity index is 0. The fourth-order valence-electron chi connectivity index (χ4n) is 0.328. The Morgan fingerprint density at radius 3 is 2.09 bits per heavy atom. The summed E-state index contributed by atoms with van der Waals surface area (Å²) in [5.41, 5.74) is 0. The van der Waals surface area contributed by atoms with E-state index in [-0.39, 0.29) is 5.76 Å². The van der Waals surface area contributed by atoms with Crippen LogP contribution in [-0.4, -0.2) is 11.1 Å². The van der Waals surface area contributed by atoms with Crippen molar-refractivity contribution in [3.8, 4) is 0 Å². The summed E-state index contributed by atoms with van der Waals surface area (Å²) in [6.07, 6.45) is 2.08. The van der Waals surface area contributed by atoms with E-state index in [9.17, 15) is 9.90 Å². The van der Waals surface area contributed by atoms with Gasteiger partial charge >= 0.3 is 5.97 Å². The molecule has 0 atom stereocenters. The molecular formula is C8H15O3-. The Bertz CT molecular complexity index is 115. The molecular weight excluding hydrogens is 144 g/mol. The van der Waals surface area contributed by atoms with Crippen molar-refractivity contribution in [1.29, 1.82) is 0 Å². The first-order valence-electron chi connectivity index (χ1n) is 3.55. The SMILES string of the molecule is C=C(C)[O-].CCCCC(=O)O. The normalized spacial score (nSPS) is 7.82. The van der Waals surface area contributed by atoms with E-state index in [1.165, 1.54) is 6.92 Å². The highest BCUT2D eigenvalue weighted by Gasteiger charge is 1.90. The average Bonchev–Trinajstić information content (AvgIpc) is 1.82. The molecule has 3 heteroatoms. The molecule has 0 aromatic carbocycles. The van der Waals surface area contributed by atoms with Crippen molar-refractivity contribution in [2.45, 2.75) is 33.1 Å². The molecule has 0 aliphatic heterocycles. The van der Waals surface area contributed by atoms with E-state index in [2.05, 4.69) is 6.58 Å². The molecule has 0 saturated carbocycles. The molecule has 1 N–H and O–H groups in total. The van der Waals surface area contributed by atoms with E-state index in [4.69, 9.17) is 5.11 Å². The van der Waals surface area contributed by atoms with Crippen LogP contribution in [0.25, 0.3) is 0 Å². The fourth-order valence-corrected chi connectivity index (χ4v) is 0.328. The summed E-state index contributed by atoms with van der Waals surface area (Å²) in [6, 6.07) is 0. The fraction of sp³-hybridized carbons (Fsp3) is 0.625. The predicted molar refractivity (Wildman–Crippen MR) is 42.0 cm³/mol. The number of allylic oxidation sites excluding steroid dienone is 1. The van der Waals surface area contributed by atoms with Crippen LogP contribution in [0.15, 0.2) is 12.3 Å². The predicted octanol–water partition coefficient (Wildman–Crippen LogP) is 1.14. The summed E-state index contributed by atoms with van der Waals surface area (Å²) >= 11 is 0. The molecule has 0 bridgehead atoms. The van der Waals surface area contributed by atoms with Crippen LogP contribution in [0.2, 0.25) is 0 Å². The van der Waals surface area contributed by atoms with Crippen molar-refractivity contribution >= 4 is 5.97 Å². The molecule has 3 nitrogen and oxygen atoms in total. The maximum atomic E-state index is 9.76. The number of hydrogen-bond donors (Lipinski definition) is 1. The Kier molecular flexibility index (Phi) is 10.4. The highest BCUT2D eigenvalue weighted by molar-refractivity contribution is 5.66. The van der Waals surface area contributed by atoms with Crippen molar-refractivity contribution in [1.82, 2.24) is 0 Å². The maximum absolute atomic E-state index is 9.76. The monoisotopic (exact) mass is 159 g/mol. The van der Waals surface area contributed by atoms with E-state index >= 15 is 0 Å². The molecule has 0 spiro atoms. The summed E-state index contributed by atoms with van der Waals surface area (Å²) in [5, 5.41) is 17.4. The Labute approximate surface area is 67.4 Å². The van der Waals surface area contributed by atoms with Gasteiger partial charge in [0.15, 0.2) is 0 Å². The van der Waals surface area contributed by atoms with Crippen LogP contribution < -0.4 is 5.11 Å². The largest absolute Gasteiger partial charge is 0.876 e. The molecule has 0 unspecified atom stereocenters. The number of carboxylic acid groups (broad SMARTS) is 1. The zero-order valence-electron chi connectivity index (χ0n) is 7.09. The zero-order chi connectivity index (χ0) is 9.28. The van der Waals surface area contributed by atoms with Gasteiger partial charge in [-0.15, -0.1) is 12.3 Å². The van der Waals surface area contributed by atoms with Crippen molar-refractivity contribution in [2.75, 3.05) is 0 Å². The van der Waals surface area contributed by atoms with Gasteiger partial charge in [0.25, 0.3) is 0 Å².